The molecule has 0 aliphatic carbocycles. The van der Waals surface area contributed by atoms with E-state index >= 15 is 0 Å². The van der Waals surface area contributed by atoms with Crippen LogP contribution in [0, 0.1) is 13.8 Å². The lowest BCUT2D eigenvalue weighted by molar-refractivity contribution is 0.102. The van der Waals surface area contributed by atoms with E-state index in [2.05, 4.69) is 0 Å². The van der Waals surface area contributed by atoms with Crippen LogP contribution in [0.4, 0.5) is 4.79 Å². The van der Waals surface area contributed by atoms with Crippen LogP contribution in [-0.2, 0) is 0 Å². The third-order valence-corrected chi connectivity index (χ3v) is 4.78. The van der Waals surface area contributed by atoms with Gasteiger partial charge in [0.25, 0.3) is 0 Å². The monoisotopic (exact) mass is 377 g/mol. The highest BCUT2D eigenvalue weighted by Crippen LogP contribution is 2.27. The van der Waals surface area contributed by atoms with Crippen molar-refractivity contribution in [2.45, 2.75) is 18.7 Å². The van der Waals surface area contributed by atoms with E-state index < -0.39 is 6.09 Å². The van der Waals surface area contributed by atoms with Gasteiger partial charge < -0.3 is 9.64 Å². The first-order valence-electron chi connectivity index (χ1n) is 7.70. The molecule has 2 rings (SSSR count). The molecular formula is C19H20ClNO3S. The standard InChI is InChI=1S/C19H20ClNO3S/c1-12-9-14(10-13(2)18(12)24-19(23)21(3)4)17(22)11-25-16-7-5-15(20)6-8-16/h5-10H,11H2,1-4H3. The number of amides is 1. The average Bonchev–Trinajstić information content (AvgIpc) is 2.56. The summed E-state index contributed by atoms with van der Waals surface area (Å²) in [4.78, 5) is 26.6. The largest absolute Gasteiger partial charge is 0.414 e. The van der Waals surface area contributed by atoms with E-state index in [1.807, 2.05) is 26.0 Å². The molecule has 1 amide bonds. The summed E-state index contributed by atoms with van der Waals surface area (Å²) in [5.41, 5.74) is 2.13. The molecule has 0 saturated heterocycles. The van der Waals surface area contributed by atoms with Gasteiger partial charge in [-0.25, -0.2) is 4.79 Å². The maximum Gasteiger partial charge on any atom is 0.414 e. The number of rotatable bonds is 5. The molecule has 0 aliphatic rings. The SMILES string of the molecule is Cc1cc(C(=O)CSc2ccc(Cl)cc2)cc(C)c1OC(=O)N(C)C. The second kappa shape index (κ2) is 8.41. The number of benzene rings is 2. The van der Waals surface area contributed by atoms with Gasteiger partial charge in [0.1, 0.15) is 5.75 Å². The lowest BCUT2D eigenvalue weighted by Gasteiger charge is -2.15. The van der Waals surface area contributed by atoms with Crippen molar-refractivity contribution in [3.8, 4) is 5.75 Å². The number of halogens is 1. The summed E-state index contributed by atoms with van der Waals surface area (Å²) < 4.78 is 5.37. The Kier molecular flexibility index (Phi) is 6.51. The summed E-state index contributed by atoms with van der Waals surface area (Å²) in [5.74, 6) is 0.856. The second-order valence-electron chi connectivity index (χ2n) is 5.87. The molecule has 4 nitrogen and oxygen atoms in total. The van der Waals surface area contributed by atoms with Crippen molar-refractivity contribution in [2.24, 2.45) is 0 Å². The van der Waals surface area contributed by atoms with E-state index in [0.717, 1.165) is 16.0 Å². The summed E-state index contributed by atoms with van der Waals surface area (Å²) in [6, 6.07) is 10.9. The van der Waals surface area contributed by atoms with Crippen molar-refractivity contribution >= 4 is 35.2 Å². The fourth-order valence-corrected chi connectivity index (χ4v) is 3.13. The first-order chi connectivity index (χ1) is 11.8. The highest BCUT2D eigenvalue weighted by atomic mass is 35.5. The molecule has 0 aromatic heterocycles. The fraction of sp³-hybridized carbons (Fsp3) is 0.263. The summed E-state index contributed by atoms with van der Waals surface area (Å²) in [7, 11) is 3.25. The first-order valence-corrected chi connectivity index (χ1v) is 9.06. The van der Waals surface area contributed by atoms with E-state index in [9.17, 15) is 9.59 Å². The predicted octanol–water partition coefficient (Wildman–Crippen LogP) is 4.99. The van der Waals surface area contributed by atoms with E-state index in [4.69, 9.17) is 16.3 Å². The summed E-state index contributed by atoms with van der Waals surface area (Å²) in [6.07, 6.45) is -0.441. The summed E-state index contributed by atoms with van der Waals surface area (Å²) >= 11 is 7.32. The molecule has 0 heterocycles. The van der Waals surface area contributed by atoms with Crippen LogP contribution in [-0.4, -0.2) is 36.6 Å². The van der Waals surface area contributed by atoms with Gasteiger partial charge in [-0.1, -0.05) is 11.6 Å². The van der Waals surface area contributed by atoms with Crippen LogP contribution in [0.5, 0.6) is 5.75 Å². The minimum absolute atomic E-state index is 0.0247. The molecule has 132 valence electrons. The zero-order chi connectivity index (χ0) is 18.6. The number of ketones is 1. The Morgan fingerprint density at radius 3 is 2.16 bits per heavy atom. The Hall–Kier alpha value is -1.98. The Labute approximate surface area is 157 Å². The van der Waals surface area contributed by atoms with E-state index in [1.54, 1.807) is 38.4 Å². The molecular weight excluding hydrogens is 358 g/mol. The molecule has 0 unspecified atom stereocenters. The summed E-state index contributed by atoms with van der Waals surface area (Å²) in [6.45, 7) is 3.66. The molecule has 0 atom stereocenters. The number of hydrogen-bond donors (Lipinski definition) is 0. The lowest BCUT2D eigenvalue weighted by Crippen LogP contribution is -2.26. The number of ether oxygens (including phenoxy) is 1. The summed E-state index contributed by atoms with van der Waals surface area (Å²) in [5, 5.41) is 0.671. The molecule has 2 aromatic rings. The van der Waals surface area contributed by atoms with Gasteiger partial charge in [0.2, 0.25) is 0 Å². The Morgan fingerprint density at radius 1 is 1.08 bits per heavy atom. The van der Waals surface area contributed by atoms with E-state index in [-0.39, 0.29) is 5.78 Å². The van der Waals surface area contributed by atoms with E-state index in [0.29, 0.717) is 22.1 Å². The van der Waals surface area contributed by atoms with Crippen LogP contribution >= 0.6 is 23.4 Å². The molecule has 0 bridgehead atoms. The first kappa shape index (κ1) is 19.3. The number of nitrogens with zero attached hydrogens (tertiary/aromatic N) is 1. The molecule has 0 N–H and O–H groups in total. The Morgan fingerprint density at radius 2 is 1.64 bits per heavy atom. The zero-order valence-corrected chi connectivity index (χ0v) is 16.2. The third kappa shape index (κ3) is 5.25. The van der Waals surface area contributed by atoms with Crippen LogP contribution in [0.2, 0.25) is 5.02 Å². The van der Waals surface area contributed by atoms with Crippen molar-refractivity contribution < 1.29 is 14.3 Å². The Balaban J connectivity index is 2.10. The molecule has 6 heteroatoms. The number of Topliss-reactive ketones (excluding diaryl/α,β-unsaturated/α-hetero) is 1. The molecule has 0 saturated carbocycles. The van der Waals surface area contributed by atoms with Gasteiger partial charge in [0.05, 0.1) is 5.75 Å². The zero-order valence-electron chi connectivity index (χ0n) is 14.6. The molecule has 0 spiro atoms. The molecule has 0 fully saturated rings. The van der Waals surface area contributed by atoms with Gasteiger partial charge in [-0.2, -0.15) is 0 Å². The average molecular weight is 378 g/mol. The van der Waals surface area contributed by atoms with Crippen LogP contribution < -0.4 is 4.74 Å². The van der Waals surface area contributed by atoms with Crippen LogP contribution in [0.25, 0.3) is 0 Å². The molecule has 2 aromatic carbocycles. The number of carbonyl (C=O) groups excluding carboxylic acids is 2. The third-order valence-electron chi connectivity index (χ3n) is 3.52. The number of thioether (sulfide) groups is 1. The van der Waals surface area contributed by atoms with Crippen molar-refractivity contribution in [3.63, 3.8) is 0 Å². The van der Waals surface area contributed by atoms with Crippen molar-refractivity contribution in [1.29, 1.82) is 0 Å². The van der Waals surface area contributed by atoms with Crippen LogP contribution in [0.15, 0.2) is 41.3 Å². The van der Waals surface area contributed by atoms with Gasteiger partial charge in [-0.15, -0.1) is 11.8 Å². The smallest absolute Gasteiger partial charge is 0.410 e. The minimum atomic E-state index is -0.441. The lowest BCUT2D eigenvalue weighted by atomic mass is 10.0. The number of aryl methyl sites for hydroxylation is 2. The van der Waals surface area contributed by atoms with Crippen molar-refractivity contribution in [2.75, 3.05) is 19.8 Å². The van der Waals surface area contributed by atoms with Gasteiger partial charge in [-0.3, -0.25) is 4.79 Å². The van der Waals surface area contributed by atoms with Crippen LogP contribution in [0.3, 0.4) is 0 Å². The van der Waals surface area contributed by atoms with Crippen LogP contribution in [0.1, 0.15) is 21.5 Å². The van der Waals surface area contributed by atoms with E-state index in [1.165, 1.54) is 16.7 Å². The quantitative estimate of drug-likeness (QED) is 0.543. The highest BCUT2D eigenvalue weighted by Gasteiger charge is 2.15. The number of carbonyl (C=O) groups is 2. The normalized spacial score (nSPS) is 10.4. The topological polar surface area (TPSA) is 46.6 Å². The molecule has 25 heavy (non-hydrogen) atoms. The minimum Gasteiger partial charge on any atom is -0.410 e. The second-order valence-corrected chi connectivity index (χ2v) is 7.35. The van der Waals surface area contributed by atoms with Gasteiger partial charge >= 0.3 is 6.09 Å². The predicted molar refractivity (Wildman–Crippen MR) is 102 cm³/mol. The van der Waals surface area contributed by atoms with Gasteiger partial charge in [0, 0.05) is 29.6 Å². The van der Waals surface area contributed by atoms with Gasteiger partial charge in [0.15, 0.2) is 5.78 Å². The fourth-order valence-electron chi connectivity index (χ4n) is 2.21. The van der Waals surface area contributed by atoms with Crippen molar-refractivity contribution in [3.05, 3.63) is 58.1 Å². The number of hydrogen-bond acceptors (Lipinski definition) is 4. The molecule has 0 radical (unpaired) electrons. The molecule has 0 aliphatic heterocycles. The maximum atomic E-state index is 12.5. The van der Waals surface area contributed by atoms with Crippen molar-refractivity contribution in [1.82, 2.24) is 4.90 Å². The van der Waals surface area contributed by atoms with Gasteiger partial charge in [-0.05, 0) is 61.4 Å². The highest BCUT2D eigenvalue weighted by molar-refractivity contribution is 8.00. The maximum absolute atomic E-state index is 12.5. The Bertz CT molecular complexity index is 765.